The molecule has 2 aromatic rings. The van der Waals surface area contributed by atoms with Crippen LogP contribution in [0.1, 0.15) is 19.0 Å². The Labute approximate surface area is 176 Å². The van der Waals surface area contributed by atoms with Gasteiger partial charge in [0.1, 0.15) is 0 Å². The first kappa shape index (κ1) is 21.3. The van der Waals surface area contributed by atoms with Gasteiger partial charge >= 0.3 is 0 Å². The Morgan fingerprint density at radius 1 is 1.26 bits per heavy atom. The number of halogens is 2. The molecule has 146 valence electrons. The molecule has 0 aromatic carbocycles. The van der Waals surface area contributed by atoms with E-state index in [9.17, 15) is 4.39 Å². The Morgan fingerprint density at radius 3 is 2.85 bits per heavy atom. The molecule has 8 heteroatoms. The predicted octanol–water partition coefficient (Wildman–Crippen LogP) is 2.61. The van der Waals surface area contributed by atoms with Gasteiger partial charge in [-0.1, -0.05) is 6.07 Å². The van der Waals surface area contributed by atoms with E-state index in [4.69, 9.17) is 0 Å². The number of nitrogens with zero attached hydrogens (tertiary/aromatic N) is 4. The minimum Gasteiger partial charge on any atom is -0.357 e. The summed E-state index contributed by atoms with van der Waals surface area (Å²) in [5, 5.41) is 6.72. The van der Waals surface area contributed by atoms with E-state index in [1.807, 2.05) is 30.0 Å². The predicted molar refractivity (Wildman–Crippen MR) is 117 cm³/mol. The fourth-order valence-corrected chi connectivity index (χ4v) is 3.02. The van der Waals surface area contributed by atoms with Crippen molar-refractivity contribution in [2.45, 2.75) is 25.8 Å². The molecule has 1 unspecified atom stereocenters. The van der Waals surface area contributed by atoms with Crippen molar-refractivity contribution in [1.29, 1.82) is 0 Å². The Balaban J connectivity index is 0.00000261. The molecule has 0 radical (unpaired) electrons. The van der Waals surface area contributed by atoms with Crippen LogP contribution in [0.25, 0.3) is 0 Å². The van der Waals surface area contributed by atoms with E-state index >= 15 is 0 Å². The molecule has 2 N–H and O–H groups in total. The van der Waals surface area contributed by atoms with Crippen molar-refractivity contribution in [2.24, 2.45) is 4.99 Å². The van der Waals surface area contributed by atoms with Crippen LogP contribution in [-0.2, 0) is 6.42 Å². The van der Waals surface area contributed by atoms with Gasteiger partial charge in [0.25, 0.3) is 0 Å². The van der Waals surface area contributed by atoms with Gasteiger partial charge in [0.2, 0.25) is 0 Å². The number of rotatable bonds is 6. The number of nitrogens with one attached hydrogen (secondary N) is 2. The maximum atomic E-state index is 13.9. The molecule has 2 aromatic heterocycles. The summed E-state index contributed by atoms with van der Waals surface area (Å²) in [4.78, 5) is 15.1. The molecule has 1 aliphatic heterocycles. The van der Waals surface area contributed by atoms with Gasteiger partial charge in [0, 0.05) is 56.7 Å². The molecule has 0 bridgehead atoms. The van der Waals surface area contributed by atoms with E-state index < -0.39 is 0 Å². The number of hydrogen-bond acceptors (Lipinski definition) is 4. The minimum atomic E-state index is -0.274. The van der Waals surface area contributed by atoms with E-state index in [2.05, 4.69) is 25.6 Å². The summed E-state index contributed by atoms with van der Waals surface area (Å²) >= 11 is 0. The molecule has 1 fully saturated rings. The summed E-state index contributed by atoms with van der Waals surface area (Å²) < 4.78 is 13.9. The normalized spacial score (nSPS) is 16.7. The van der Waals surface area contributed by atoms with Crippen LogP contribution in [0.2, 0.25) is 0 Å². The Morgan fingerprint density at radius 2 is 2.11 bits per heavy atom. The summed E-state index contributed by atoms with van der Waals surface area (Å²) in [6.07, 6.45) is 5.14. The Hall–Kier alpha value is -1.97. The molecule has 0 saturated carbocycles. The average Bonchev–Trinajstić information content (AvgIpc) is 3.11. The zero-order valence-corrected chi connectivity index (χ0v) is 17.8. The summed E-state index contributed by atoms with van der Waals surface area (Å²) in [5.41, 5.74) is 1.03. The van der Waals surface area contributed by atoms with Gasteiger partial charge in [-0.15, -0.1) is 24.0 Å². The van der Waals surface area contributed by atoms with Crippen LogP contribution in [0.15, 0.2) is 47.7 Å². The van der Waals surface area contributed by atoms with Crippen LogP contribution in [0.4, 0.5) is 10.2 Å². The van der Waals surface area contributed by atoms with Gasteiger partial charge in [-0.2, -0.15) is 0 Å². The highest BCUT2D eigenvalue weighted by Gasteiger charge is 2.25. The van der Waals surface area contributed by atoms with Crippen LogP contribution < -0.4 is 15.5 Å². The Bertz CT molecular complexity index is 727. The second kappa shape index (κ2) is 11.0. The van der Waals surface area contributed by atoms with Crippen molar-refractivity contribution in [3.63, 3.8) is 0 Å². The van der Waals surface area contributed by atoms with E-state index in [1.54, 1.807) is 18.5 Å². The van der Waals surface area contributed by atoms with Gasteiger partial charge in [-0.05, 0) is 37.6 Å². The number of aromatic nitrogens is 2. The second-order valence-electron chi connectivity index (χ2n) is 6.22. The molecule has 3 rings (SSSR count). The molecule has 0 amide bonds. The van der Waals surface area contributed by atoms with Crippen LogP contribution in [0, 0.1) is 5.82 Å². The molecular formula is C19H26FIN6. The molecule has 1 aliphatic rings. The lowest BCUT2D eigenvalue weighted by Crippen LogP contribution is -2.44. The van der Waals surface area contributed by atoms with Crippen molar-refractivity contribution in [1.82, 2.24) is 20.6 Å². The average molecular weight is 484 g/mol. The molecule has 1 atom stereocenters. The first-order valence-electron chi connectivity index (χ1n) is 9.06. The number of hydrogen-bond donors (Lipinski definition) is 2. The van der Waals surface area contributed by atoms with Gasteiger partial charge in [-0.3, -0.25) is 9.98 Å². The van der Waals surface area contributed by atoms with E-state index in [1.165, 1.54) is 6.07 Å². The van der Waals surface area contributed by atoms with Crippen molar-refractivity contribution < 1.29 is 4.39 Å². The van der Waals surface area contributed by atoms with Gasteiger partial charge in [-0.25, -0.2) is 9.37 Å². The SMILES string of the molecule is CCNC(=NCCc1ccccn1)NC1CCN(c2ncccc2F)C1.I. The lowest BCUT2D eigenvalue weighted by Gasteiger charge is -2.19. The van der Waals surface area contributed by atoms with E-state index in [-0.39, 0.29) is 35.8 Å². The minimum absolute atomic E-state index is 0. The maximum Gasteiger partial charge on any atom is 0.191 e. The molecular weight excluding hydrogens is 458 g/mol. The zero-order valence-electron chi connectivity index (χ0n) is 15.4. The summed E-state index contributed by atoms with van der Waals surface area (Å²) in [5.74, 6) is 0.940. The Kier molecular flexibility index (Phi) is 8.70. The molecule has 6 nitrogen and oxygen atoms in total. The monoisotopic (exact) mass is 484 g/mol. The molecule has 27 heavy (non-hydrogen) atoms. The topological polar surface area (TPSA) is 65.4 Å². The summed E-state index contributed by atoms with van der Waals surface area (Å²) in [6, 6.07) is 9.18. The largest absolute Gasteiger partial charge is 0.357 e. The smallest absolute Gasteiger partial charge is 0.191 e. The second-order valence-corrected chi connectivity index (χ2v) is 6.22. The highest BCUT2D eigenvalue weighted by atomic mass is 127. The van der Waals surface area contributed by atoms with Crippen molar-refractivity contribution in [3.05, 3.63) is 54.2 Å². The summed E-state index contributed by atoms with van der Waals surface area (Å²) in [7, 11) is 0. The summed E-state index contributed by atoms with van der Waals surface area (Å²) in [6.45, 7) is 4.98. The number of pyridine rings is 2. The molecule has 0 spiro atoms. The van der Waals surface area contributed by atoms with E-state index in [0.29, 0.717) is 18.9 Å². The first-order chi connectivity index (χ1) is 12.8. The molecule has 3 heterocycles. The fourth-order valence-electron chi connectivity index (χ4n) is 3.02. The van der Waals surface area contributed by atoms with Crippen LogP contribution in [-0.4, -0.2) is 48.1 Å². The molecule has 0 aliphatic carbocycles. The van der Waals surface area contributed by atoms with Gasteiger partial charge < -0.3 is 15.5 Å². The van der Waals surface area contributed by atoms with Crippen molar-refractivity contribution in [3.8, 4) is 0 Å². The third kappa shape index (κ3) is 6.30. The van der Waals surface area contributed by atoms with Crippen LogP contribution in [0.3, 0.4) is 0 Å². The standard InChI is InChI=1S/C19H25FN6.HI/c1-2-21-19(24-12-8-15-6-3-4-10-22-15)25-16-9-13-26(14-16)18-17(20)7-5-11-23-18;/h3-7,10-11,16H,2,8-9,12-14H2,1H3,(H2,21,24,25);1H. The first-order valence-corrected chi connectivity index (χ1v) is 9.06. The third-order valence-electron chi connectivity index (χ3n) is 4.28. The fraction of sp³-hybridized carbons (Fsp3) is 0.421. The van der Waals surface area contributed by atoms with Crippen molar-refractivity contribution >= 4 is 35.8 Å². The van der Waals surface area contributed by atoms with Gasteiger partial charge in [0.15, 0.2) is 17.6 Å². The number of anilines is 1. The zero-order chi connectivity index (χ0) is 18.2. The quantitative estimate of drug-likeness (QED) is 0.375. The highest BCUT2D eigenvalue weighted by molar-refractivity contribution is 14.0. The van der Waals surface area contributed by atoms with Crippen LogP contribution >= 0.6 is 24.0 Å². The van der Waals surface area contributed by atoms with Crippen molar-refractivity contribution in [2.75, 3.05) is 31.1 Å². The lowest BCUT2D eigenvalue weighted by atomic mass is 10.2. The number of guanidine groups is 1. The van der Waals surface area contributed by atoms with Gasteiger partial charge in [0.05, 0.1) is 0 Å². The number of aliphatic imine (C=N–C) groups is 1. The molecule has 1 saturated heterocycles. The van der Waals surface area contributed by atoms with E-state index in [0.717, 1.165) is 37.6 Å². The maximum absolute atomic E-state index is 13.9. The lowest BCUT2D eigenvalue weighted by molar-refractivity contribution is 0.612. The highest BCUT2D eigenvalue weighted by Crippen LogP contribution is 2.20. The van der Waals surface area contributed by atoms with Crippen LogP contribution in [0.5, 0.6) is 0 Å². The third-order valence-corrected chi connectivity index (χ3v) is 4.28.